The molecule has 0 radical (unpaired) electrons. The number of hydrogen-bond donors (Lipinski definition) is 7. The third-order valence-corrected chi connectivity index (χ3v) is 3.49. The van der Waals surface area contributed by atoms with E-state index < -0.39 is 61.1 Å². The number of aliphatic carboxylic acids is 1. The molecule has 1 amide bonds. The number of likely N-dealkylation sites (N-methyl/N-ethyl adjacent to an activating group) is 1. The summed E-state index contributed by atoms with van der Waals surface area (Å²) in [6.07, 6.45) is -7.78. The van der Waals surface area contributed by atoms with E-state index in [0.29, 0.717) is 0 Å². The van der Waals surface area contributed by atoms with E-state index in [4.69, 9.17) is 9.84 Å². The molecule has 0 aliphatic carbocycles. The van der Waals surface area contributed by atoms with Gasteiger partial charge in [-0.05, 0) is 7.05 Å². The Balaban J connectivity index is 3.04. The summed E-state index contributed by atoms with van der Waals surface area (Å²) in [7, 11) is 1.49. The van der Waals surface area contributed by atoms with Gasteiger partial charge >= 0.3 is 0 Å². The number of ether oxygens (including phenoxy) is 1. The van der Waals surface area contributed by atoms with Gasteiger partial charge in [0.25, 0.3) is 0 Å². The van der Waals surface area contributed by atoms with E-state index in [0.717, 1.165) is 0 Å². The molecule has 0 aromatic heterocycles. The number of nitrogens with one attached hydrogen (secondary N) is 2. The van der Waals surface area contributed by atoms with E-state index in [1.807, 2.05) is 0 Å². The minimum atomic E-state index is -2.91. The molecule has 0 saturated carbocycles. The molecular formula is C12H21N2O9-. The lowest BCUT2D eigenvalue weighted by atomic mass is 9.88. The lowest BCUT2D eigenvalue weighted by Gasteiger charge is -2.46. The van der Waals surface area contributed by atoms with Gasteiger partial charge in [-0.1, -0.05) is 0 Å². The van der Waals surface area contributed by atoms with E-state index in [-0.39, 0.29) is 6.54 Å². The lowest BCUT2D eigenvalue weighted by molar-refractivity contribution is -0.374. The maximum absolute atomic E-state index is 11.6. The van der Waals surface area contributed by atoms with Crippen LogP contribution >= 0.6 is 0 Å². The van der Waals surface area contributed by atoms with Crippen LogP contribution in [0.15, 0.2) is 0 Å². The minimum absolute atomic E-state index is 0.140. The second-order valence-electron chi connectivity index (χ2n) is 5.29. The zero-order valence-electron chi connectivity index (χ0n) is 12.4. The van der Waals surface area contributed by atoms with Crippen LogP contribution < -0.4 is 15.7 Å². The normalized spacial score (nSPS) is 33.7. The van der Waals surface area contributed by atoms with E-state index in [9.17, 15) is 35.1 Å². The Morgan fingerprint density at radius 1 is 1.43 bits per heavy atom. The van der Waals surface area contributed by atoms with Crippen molar-refractivity contribution in [2.45, 2.75) is 42.7 Å². The molecule has 1 fully saturated rings. The third kappa shape index (κ3) is 4.57. The Kier molecular flexibility index (Phi) is 6.83. The summed E-state index contributed by atoms with van der Waals surface area (Å²) in [6.45, 7) is -1.03. The van der Waals surface area contributed by atoms with Crippen molar-refractivity contribution in [3.05, 3.63) is 0 Å². The van der Waals surface area contributed by atoms with Gasteiger partial charge in [0.1, 0.15) is 24.3 Å². The van der Waals surface area contributed by atoms with E-state index in [2.05, 4.69) is 10.6 Å². The predicted molar refractivity (Wildman–Crippen MR) is 70.4 cm³/mol. The van der Waals surface area contributed by atoms with Crippen LogP contribution in [0, 0.1) is 0 Å². The SMILES string of the molecule is CNCC(=O)NC1C(O)CC(O)(C(=O)[O-])OC1[C@H](O)[C@H](O)CO. The summed E-state index contributed by atoms with van der Waals surface area (Å²) in [5.74, 6) is -5.56. The second kappa shape index (κ2) is 7.97. The topological polar surface area (TPSA) is 192 Å². The van der Waals surface area contributed by atoms with E-state index in [1.165, 1.54) is 7.05 Å². The fourth-order valence-corrected chi connectivity index (χ4v) is 2.29. The van der Waals surface area contributed by atoms with Crippen LogP contribution in [0.1, 0.15) is 6.42 Å². The highest BCUT2D eigenvalue weighted by Crippen LogP contribution is 2.29. The van der Waals surface area contributed by atoms with Gasteiger partial charge in [0.15, 0.2) is 0 Å². The van der Waals surface area contributed by atoms with Crippen LogP contribution in [0.3, 0.4) is 0 Å². The highest BCUT2D eigenvalue weighted by atomic mass is 16.7. The molecule has 1 rings (SSSR count). The third-order valence-electron chi connectivity index (χ3n) is 3.49. The average molecular weight is 337 g/mol. The molecule has 0 spiro atoms. The van der Waals surface area contributed by atoms with Crippen LogP contribution in [-0.4, -0.2) is 93.9 Å². The number of carbonyl (C=O) groups excluding carboxylic acids is 2. The smallest absolute Gasteiger partial charge is 0.234 e. The van der Waals surface area contributed by atoms with Gasteiger partial charge in [0, 0.05) is 6.42 Å². The van der Waals surface area contributed by atoms with Crippen LogP contribution in [0.2, 0.25) is 0 Å². The molecule has 1 heterocycles. The number of carboxylic acids is 1. The fraction of sp³-hybridized carbons (Fsp3) is 0.833. The minimum Gasteiger partial charge on any atom is -0.544 e. The van der Waals surface area contributed by atoms with Crippen molar-refractivity contribution in [3.8, 4) is 0 Å². The van der Waals surface area contributed by atoms with Crippen LogP contribution in [0.4, 0.5) is 0 Å². The number of aliphatic hydroxyl groups excluding tert-OH is 4. The zero-order valence-corrected chi connectivity index (χ0v) is 12.4. The van der Waals surface area contributed by atoms with Crippen molar-refractivity contribution >= 4 is 11.9 Å². The molecule has 0 aromatic carbocycles. The molecule has 1 aliphatic heterocycles. The van der Waals surface area contributed by atoms with Gasteiger partial charge in [0.2, 0.25) is 11.7 Å². The van der Waals surface area contributed by atoms with Crippen molar-refractivity contribution in [2.24, 2.45) is 0 Å². The molecule has 0 aromatic rings. The van der Waals surface area contributed by atoms with Crippen LogP contribution in [0.5, 0.6) is 0 Å². The summed E-state index contributed by atoms with van der Waals surface area (Å²) < 4.78 is 4.86. The number of carbonyl (C=O) groups is 2. The van der Waals surface area contributed by atoms with Gasteiger partial charge in [-0.25, -0.2) is 0 Å². The Bertz CT molecular complexity index is 435. The standard InChI is InChI=1S/C12H22N2O9/c1-13-3-7(18)14-8-5(16)2-12(22,11(20)21)23-10(8)9(19)6(17)4-15/h5-6,8-10,13,15-17,19,22H,2-4H2,1H3,(H,14,18)(H,20,21)/p-1/t5?,6-,8?,9-,10?,12?/m1/s1. The van der Waals surface area contributed by atoms with Gasteiger partial charge in [-0.2, -0.15) is 0 Å². The maximum Gasteiger partial charge on any atom is 0.234 e. The zero-order chi connectivity index (χ0) is 17.8. The van der Waals surface area contributed by atoms with Gasteiger partial charge < -0.3 is 50.8 Å². The molecule has 1 aliphatic rings. The summed E-state index contributed by atoms with van der Waals surface area (Å²) >= 11 is 0. The maximum atomic E-state index is 11.6. The summed E-state index contributed by atoms with van der Waals surface area (Å²) in [4.78, 5) is 22.6. The van der Waals surface area contributed by atoms with E-state index in [1.54, 1.807) is 0 Å². The molecule has 1 saturated heterocycles. The number of carboxylic acid groups (broad SMARTS) is 1. The monoisotopic (exact) mass is 337 g/mol. The quantitative estimate of drug-likeness (QED) is 0.235. The largest absolute Gasteiger partial charge is 0.544 e. The van der Waals surface area contributed by atoms with Gasteiger partial charge in [-0.3, -0.25) is 4.79 Å². The molecule has 134 valence electrons. The predicted octanol–water partition coefficient (Wildman–Crippen LogP) is -6.01. The summed E-state index contributed by atoms with van der Waals surface area (Å²) in [5, 5.41) is 64.0. The number of hydrogen-bond acceptors (Lipinski definition) is 10. The Hall–Kier alpha value is -1.34. The Labute approximate surface area is 131 Å². The molecule has 6 atom stereocenters. The average Bonchev–Trinajstić information content (AvgIpc) is 2.48. The van der Waals surface area contributed by atoms with Crippen molar-refractivity contribution in [3.63, 3.8) is 0 Å². The number of rotatable bonds is 7. The van der Waals surface area contributed by atoms with Gasteiger partial charge in [-0.15, -0.1) is 0 Å². The summed E-state index contributed by atoms with van der Waals surface area (Å²) in [5.41, 5.74) is 0. The molecular weight excluding hydrogens is 316 g/mol. The molecule has 11 heteroatoms. The first-order valence-corrected chi connectivity index (χ1v) is 6.87. The first kappa shape index (κ1) is 19.7. The van der Waals surface area contributed by atoms with Crippen molar-refractivity contribution in [1.29, 1.82) is 0 Å². The van der Waals surface area contributed by atoms with Crippen molar-refractivity contribution < 1.29 is 45.0 Å². The first-order chi connectivity index (χ1) is 10.7. The molecule has 0 bridgehead atoms. The van der Waals surface area contributed by atoms with Crippen molar-refractivity contribution in [1.82, 2.24) is 10.6 Å². The lowest BCUT2D eigenvalue weighted by Crippen LogP contribution is -2.69. The van der Waals surface area contributed by atoms with E-state index >= 15 is 0 Å². The summed E-state index contributed by atoms with van der Waals surface area (Å²) in [6, 6.07) is -1.33. The molecule has 11 nitrogen and oxygen atoms in total. The Morgan fingerprint density at radius 3 is 2.52 bits per heavy atom. The van der Waals surface area contributed by atoms with Gasteiger partial charge in [0.05, 0.1) is 25.3 Å². The Morgan fingerprint density at radius 2 is 2.04 bits per heavy atom. The number of amides is 1. The highest BCUT2D eigenvalue weighted by Gasteiger charge is 2.50. The number of aliphatic hydroxyl groups is 5. The fourth-order valence-electron chi connectivity index (χ4n) is 2.29. The van der Waals surface area contributed by atoms with Crippen LogP contribution in [-0.2, 0) is 14.3 Å². The molecule has 23 heavy (non-hydrogen) atoms. The molecule has 7 N–H and O–H groups in total. The first-order valence-electron chi connectivity index (χ1n) is 6.87. The second-order valence-corrected chi connectivity index (χ2v) is 5.29. The molecule has 4 unspecified atom stereocenters. The highest BCUT2D eigenvalue weighted by molar-refractivity contribution is 5.78. The van der Waals surface area contributed by atoms with Crippen LogP contribution in [0.25, 0.3) is 0 Å². The van der Waals surface area contributed by atoms with Crippen molar-refractivity contribution in [2.75, 3.05) is 20.2 Å².